The molecule has 0 heterocycles. The van der Waals surface area contributed by atoms with E-state index in [4.69, 9.17) is 14.2 Å². The van der Waals surface area contributed by atoms with E-state index in [9.17, 15) is 36.3 Å². The van der Waals surface area contributed by atoms with Crippen molar-refractivity contribution in [1.29, 1.82) is 0 Å². The zero-order chi connectivity index (χ0) is 33.7. The van der Waals surface area contributed by atoms with E-state index in [2.05, 4.69) is 11.7 Å². The maximum Gasteiger partial charge on any atom is 0.465 e. The standard InChI is InChI=1S/C34H35F5O7/c1-3-4-5-6-8-23(2)45-30(40)27-15-19-29(20-16-27)46-31(41)26-11-9-24(10-12-26)25-13-17-28(18-14-25)43-21-7-22-44-32(42)33(35,36)34(37,38)39/h9-20,23H,3-8,21-22H2,1-2H3. The first kappa shape index (κ1) is 36.0. The molecular weight excluding hydrogens is 615 g/mol. The lowest BCUT2D eigenvalue weighted by molar-refractivity contribution is -0.280. The van der Waals surface area contributed by atoms with E-state index >= 15 is 0 Å². The summed E-state index contributed by atoms with van der Waals surface area (Å²) in [6.07, 6.45) is -1.11. The maximum absolute atomic E-state index is 12.9. The largest absolute Gasteiger partial charge is 0.493 e. The van der Waals surface area contributed by atoms with Crippen molar-refractivity contribution in [3.63, 3.8) is 0 Å². The minimum Gasteiger partial charge on any atom is -0.493 e. The van der Waals surface area contributed by atoms with Crippen molar-refractivity contribution >= 4 is 17.9 Å². The Balaban J connectivity index is 1.44. The molecule has 0 amide bonds. The molecule has 0 aliphatic rings. The molecule has 3 aromatic carbocycles. The Morgan fingerprint density at radius 2 is 1.22 bits per heavy atom. The number of esters is 3. The van der Waals surface area contributed by atoms with Crippen LogP contribution in [0.1, 0.15) is 73.1 Å². The first-order valence-electron chi connectivity index (χ1n) is 14.8. The van der Waals surface area contributed by atoms with Gasteiger partial charge in [0.05, 0.1) is 30.4 Å². The van der Waals surface area contributed by atoms with Gasteiger partial charge in [-0.1, -0.05) is 50.5 Å². The fraction of sp³-hybridized carbons (Fsp3) is 0.382. The summed E-state index contributed by atoms with van der Waals surface area (Å²) >= 11 is 0. The van der Waals surface area contributed by atoms with Gasteiger partial charge in [0.1, 0.15) is 11.5 Å². The molecule has 0 saturated carbocycles. The minimum absolute atomic E-state index is 0.0910. The highest BCUT2D eigenvalue weighted by atomic mass is 19.4. The Morgan fingerprint density at radius 3 is 1.80 bits per heavy atom. The monoisotopic (exact) mass is 650 g/mol. The van der Waals surface area contributed by atoms with Crippen LogP contribution in [-0.4, -0.2) is 49.3 Å². The molecule has 0 aliphatic heterocycles. The summed E-state index contributed by atoms with van der Waals surface area (Å²) in [4.78, 5) is 36.0. The van der Waals surface area contributed by atoms with Gasteiger partial charge in [0.25, 0.3) is 0 Å². The average Bonchev–Trinajstić information content (AvgIpc) is 3.03. The van der Waals surface area contributed by atoms with Crippen molar-refractivity contribution < 1.29 is 55.3 Å². The fourth-order valence-corrected chi connectivity index (χ4v) is 4.16. The molecule has 0 spiro atoms. The van der Waals surface area contributed by atoms with Crippen LogP contribution >= 0.6 is 0 Å². The SMILES string of the molecule is CCCCCCC(C)OC(=O)c1ccc(OC(=O)c2ccc(-c3ccc(OCCCOC(=O)C(F)(F)C(F)(F)F)cc3)cc2)cc1. The Hall–Kier alpha value is -4.48. The topological polar surface area (TPSA) is 88.1 Å². The van der Waals surface area contributed by atoms with Gasteiger partial charge in [-0.15, -0.1) is 0 Å². The van der Waals surface area contributed by atoms with Crippen molar-refractivity contribution in [3.05, 3.63) is 83.9 Å². The van der Waals surface area contributed by atoms with E-state index in [0.717, 1.165) is 43.2 Å². The van der Waals surface area contributed by atoms with Crippen molar-refractivity contribution in [2.24, 2.45) is 0 Å². The Morgan fingerprint density at radius 1 is 0.674 bits per heavy atom. The number of benzene rings is 3. The van der Waals surface area contributed by atoms with Gasteiger partial charge in [0.2, 0.25) is 0 Å². The second-order valence-corrected chi connectivity index (χ2v) is 10.5. The van der Waals surface area contributed by atoms with Crippen LogP contribution in [-0.2, 0) is 14.3 Å². The molecule has 0 bridgehead atoms. The zero-order valence-corrected chi connectivity index (χ0v) is 25.4. The number of rotatable bonds is 16. The highest BCUT2D eigenvalue weighted by Gasteiger charge is 2.64. The third-order valence-electron chi connectivity index (χ3n) is 6.78. The molecule has 248 valence electrons. The zero-order valence-electron chi connectivity index (χ0n) is 25.4. The number of hydrogen-bond donors (Lipinski definition) is 0. The number of carbonyl (C=O) groups is 3. The number of carbonyl (C=O) groups excluding carboxylic acids is 3. The van der Waals surface area contributed by atoms with Gasteiger partial charge >= 0.3 is 30.0 Å². The molecule has 0 aliphatic carbocycles. The molecule has 0 radical (unpaired) electrons. The highest BCUT2D eigenvalue weighted by molar-refractivity contribution is 5.92. The molecule has 3 aromatic rings. The van der Waals surface area contributed by atoms with Crippen molar-refractivity contribution in [3.8, 4) is 22.6 Å². The Kier molecular flexibility index (Phi) is 13.1. The van der Waals surface area contributed by atoms with Gasteiger partial charge in [-0.25, -0.2) is 14.4 Å². The van der Waals surface area contributed by atoms with E-state index < -0.39 is 36.6 Å². The highest BCUT2D eigenvalue weighted by Crippen LogP contribution is 2.36. The summed E-state index contributed by atoms with van der Waals surface area (Å²) < 4.78 is 82.5. The number of unbranched alkanes of at least 4 members (excludes halogenated alkanes) is 3. The number of alkyl halides is 5. The first-order chi connectivity index (χ1) is 21.8. The van der Waals surface area contributed by atoms with Gasteiger partial charge in [0, 0.05) is 6.42 Å². The summed E-state index contributed by atoms with van der Waals surface area (Å²) in [6.45, 7) is 3.25. The van der Waals surface area contributed by atoms with Crippen LogP contribution in [0.25, 0.3) is 11.1 Å². The van der Waals surface area contributed by atoms with Crippen molar-refractivity contribution in [2.75, 3.05) is 13.2 Å². The van der Waals surface area contributed by atoms with E-state index in [0.29, 0.717) is 16.9 Å². The summed E-state index contributed by atoms with van der Waals surface area (Å²) in [7, 11) is 0. The van der Waals surface area contributed by atoms with Gasteiger partial charge in [-0.05, 0) is 79.4 Å². The number of halogens is 5. The van der Waals surface area contributed by atoms with Crippen LogP contribution in [0.2, 0.25) is 0 Å². The molecule has 0 aromatic heterocycles. The second kappa shape index (κ2) is 16.7. The minimum atomic E-state index is -6.02. The molecular formula is C34H35F5O7. The molecule has 1 atom stereocenters. The first-order valence-corrected chi connectivity index (χ1v) is 14.8. The Bertz CT molecular complexity index is 1420. The van der Waals surface area contributed by atoms with Gasteiger partial charge in [0.15, 0.2) is 0 Å². The lowest BCUT2D eigenvalue weighted by Gasteiger charge is -2.17. The van der Waals surface area contributed by atoms with E-state index in [-0.39, 0.29) is 24.9 Å². The predicted molar refractivity (Wildman–Crippen MR) is 159 cm³/mol. The quantitative estimate of drug-likeness (QED) is 0.0664. The summed E-state index contributed by atoms with van der Waals surface area (Å²) in [6, 6.07) is 19.5. The molecule has 7 nitrogen and oxygen atoms in total. The third kappa shape index (κ3) is 10.6. The van der Waals surface area contributed by atoms with E-state index in [1.54, 1.807) is 60.7 Å². The summed E-state index contributed by atoms with van der Waals surface area (Å²) in [5.41, 5.74) is 2.23. The van der Waals surface area contributed by atoms with Gasteiger partial charge < -0.3 is 18.9 Å². The van der Waals surface area contributed by atoms with Crippen LogP contribution in [0.15, 0.2) is 72.8 Å². The summed E-state index contributed by atoms with van der Waals surface area (Å²) in [5, 5.41) is 0. The van der Waals surface area contributed by atoms with Gasteiger partial charge in [-0.3, -0.25) is 0 Å². The van der Waals surface area contributed by atoms with Crippen LogP contribution < -0.4 is 9.47 Å². The molecule has 0 N–H and O–H groups in total. The van der Waals surface area contributed by atoms with Crippen molar-refractivity contribution in [2.45, 2.75) is 70.6 Å². The fourth-order valence-electron chi connectivity index (χ4n) is 4.16. The third-order valence-corrected chi connectivity index (χ3v) is 6.78. The number of ether oxygens (including phenoxy) is 4. The smallest absolute Gasteiger partial charge is 0.465 e. The molecule has 12 heteroatoms. The predicted octanol–water partition coefficient (Wildman–Crippen LogP) is 8.60. The van der Waals surface area contributed by atoms with E-state index in [1.807, 2.05) is 6.92 Å². The lowest BCUT2D eigenvalue weighted by Crippen LogP contribution is -2.45. The molecule has 3 rings (SSSR count). The number of hydrogen-bond acceptors (Lipinski definition) is 7. The molecule has 46 heavy (non-hydrogen) atoms. The lowest BCUT2D eigenvalue weighted by atomic mass is 10.0. The van der Waals surface area contributed by atoms with Gasteiger partial charge in [-0.2, -0.15) is 22.0 Å². The normalized spacial score (nSPS) is 12.2. The summed E-state index contributed by atoms with van der Waals surface area (Å²) in [5.74, 6) is -8.58. The molecule has 0 saturated heterocycles. The van der Waals surface area contributed by atoms with E-state index in [1.165, 1.54) is 12.1 Å². The molecule has 1 unspecified atom stereocenters. The Labute approximate surface area is 263 Å². The second-order valence-electron chi connectivity index (χ2n) is 10.5. The maximum atomic E-state index is 12.9. The average molecular weight is 651 g/mol. The van der Waals surface area contributed by atoms with Crippen LogP contribution in [0.5, 0.6) is 11.5 Å². The van der Waals surface area contributed by atoms with Crippen LogP contribution in [0.3, 0.4) is 0 Å². The van der Waals surface area contributed by atoms with Crippen LogP contribution in [0.4, 0.5) is 22.0 Å². The molecule has 0 fully saturated rings. The van der Waals surface area contributed by atoms with Crippen molar-refractivity contribution in [1.82, 2.24) is 0 Å². The van der Waals surface area contributed by atoms with Crippen LogP contribution in [0, 0.1) is 0 Å².